The predicted molar refractivity (Wildman–Crippen MR) is 80.6 cm³/mol. The van der Waals surface area contributed by atoms with Crippen LogP contribution in [0.5, 0.6) is 0 Å². The zero-order chi connectivity index (χ0) is 17.1. The molecule has 0 spiro atoms. The Morgan fingerprint density at radius 3 is 2.58 bits per heavy atom. The molecule has 0 radical (unpaired) electrons. The normalized spacial score (nSPS) is 10.6. The Hall–Kier alpha value is -3.36. The summed E-state index contributed by atoms with van der Waals surface area (Å²) in [5.74, 6) is -2.22. The second kappa shape index (κ2) is 6.41. The maximum atomic E-state index is 13.5. The Kier molecular flexibility index (Phi) is 4.15. The van der Waals surface area contributed by atoms with Gasteiger partial charge in [-0.3, -0.25) is 4.79 Å². The number of carbonyl (C=O) groups is 1. The summed E-state index contributed by atoms with van der Waals surface area (Å²) >= 11 is 0. The summed E-state index contributed by atoms with van der Waals surface area (Å²) in [4.78, 5) is 24.1. The van der Waals surface area contributed by atoms with E-state index in [2.05, 4.69) is 15.7 Å². The summed E-state index contributed by atoms with van der Waals surface area (Å²) in [6, 6.07) is 11.2. The molecule has 1 heterocycles. The molecule has 0 aliphatic rings. The fraction of sp³-hybridized carbons (Fsp3) is 0.0667. The number of nitrogens with zero attached hydrogens (tertiary/aromatic N) is 4. The van der Waals surface area contributed by atoms with Gasteiger partial charge in [0.2, 0.25) is 5.91 Å². The van der Waals surface area contributed by atoms with E-state index in [0.29, 0.717) is 5.69 Å². The molecule has 0 saturated heterocycles. The van der Waals surface area contributed by atoms with E-state index < -0.39 is 29.8 Å². The van der Waals surface area contributed by atoms with E-state index in [0.717, 1.165) is 27.6 Å². The van der Waals surface area contributed by atoms with Crippen molar-refractivity contribution in [2.75, 3.05) is 5.32 Å². The maximum Gasteiger partial charge on any atom is 0.368 e. The molecule has 1 aromatic heterocycles. The first-order chi connectivity index (χ1) is 11.5. The first kappa shape index (κ1) is 15.5. The van der Waals surface area contributed by atoms with Crippen LogP contribution in [-0.2, 0) is 11.3 Å². The topological polar surface area (TPSA) is 81.8 Å². The van der Waals surface area contributed by atoms with Gasteiger partial charge in [0.25, 0.3) is 0 Å². The molecule has 9 heteroatoms. The molecule has 0 unspecified atom stereocenters. The zero-order valence-electron chi connectivity index (χ0n) is 12.2. The zero-order valence-corrected chi connectivity index (χ0v) is 12.2. The first-order valence-electron chi connectivity index (χ1n) is 6.88. The lowest BCUT2D eigenvalue weighted by atomic mass is 10.3. The molecule has 1 amide bonds. The van der Waals surface area contributed by atoms with Crippen LogP contribution < -0.4 is 11.0 Å². The van der Waals surface area contributed by atoms with Crippen LogP contribution in [0.15, 0.2) is 53.3 Å². The Morgan fingerprint density at radius 1 is 1.08 bits per heavy atom. The molecular weight excluding hydrogens is 320 g/mol. The minimum Gasteiger partial charge on any atom is -0.322 e. The van der Waals surface area contributed by atoms with Crippen LogP contribution in [0.1, 0.15) is 0 Å². The smallest absolute Gasteiger partial charge is 0.322 e. The molecule has 3 rings (SSSR count). The van der Waals surface area contributed by atoms with E-state index in [-0.39, 0.29) is 5.69 Å². The Bertz CT molecular complexity index is 937. The highest BCUT2D eigenvalue weighted by Gasteiger charge is 2.14. The van der Waals surface area contributed by atoms with Crippen LogP contribution in [-0.4, -0.2) is 25.7 Å². The van der Waals surface area contributed by atoms with Gasteiger partial charge in [-0.1, -0.05) is 18.2 Å². The maximum absolute atomic E-state index is 13.5. The average Bonchev–Trinajstić information content (AvgIpc) is 2.92. The minimum atomic E-state index is -0.787. The highest BCUT2D eigenvalue weighted by Crippen LogP contribution is 2.15. The van der Waals surface area contributed by atoms with Crippen molar-refractivity contribution in [3.05, 3.63) is 70.6 Å². The fourth-order valence-corrected chi connectivity index (χ4v) is 2.02. The third-order valence-electron chi connectivity index (χ3n) is 3.14. The summed E-state index contributed by atoms with van der Waals surface area (Å²) < 4.78 is 28.4. The third-order valence-corrected chi connectivity index (χ3v) is 3.14. The van der Waals surface area contributed by atoms with Crippen LogP contribution in [0.4, 0.5) is 14.5 Å². The van der Waals surface area contributed by atoms with Gasteiger partial charge in [-0.2, -0.15) is 9.36 Å². The number of benzene rings is 2. The number of carbonyl (C=O) groups excluding carboxylic acids is 1. The Morgan fingerprint density at radius 2 is 1.83 bits per heavy atom. The van der Waals surface area contributed by atoms with Crippen molar-refractivity contribution in [2.24, 2.45) is 0 Å². The SMILES string of the molecule is O=C(Cn1nnn(-c2ccccc2)c1=O)Nc1cc(F)ccc1F. The van der Waals surface area contributed by atoms with Crippen molar-refractivity contribution in [3.63, 3.8) is 0 Å². The lowest BCUT2D eigenvalue weighted by molar-refractivity contribution is -0.117. The molecule has 3 aromatic rings. The van der Waals surface area contributed by atoms with Crippen LogP contribution in [0, 0.1) is 11.6 Å². The fourth-order valence-electron chi connectivity index (χ4n) is 2.02. The van der Waals surface area contributed by atoms with Crippen molar-refractivity contribution in [3.8, 4) is 5.69 Å². The summed E-state index contributed by atoms with van der Waals surface area (Å²) in [5, 5.41) is 9.47. The lowest BCUT2D eigenvalue weighted by Crippen LogP contribution is -2.29. The van der Waals surface area contributed by atoms with Gasteiger partial charge in [0.1, 0.15) is 18.2 Å². The van der Waals surface area contributed by atoms with E-state index in [1.165, 1.54) is 0 Å². The molecule has 0 bridgehead atoms. The number of halogens is 2. The molecule has 0 aliphatic carbocycles. The number of rotatable bonds is 4. The first-order valence-corrected chi connectivity index (χ1v) is 6.88. The van der Waals surface area contributed by atoms with Crippen molar-refractivity contribution < 1.29 is 13.6 Å². The van der Waals surface area contributed by atoms with Crippen molar-refractivity contribution in [1.82, 2.24) is 19.8 Å². The molecule has 24 heavy (non-hydrogen) atoms. The predicted octanol–water partition coefficient (Wildman–Crippen LogP) is 1.35. The van der Waals surface area contributed by atoms with Gasteiger partial charge in [-0.05, 0) is 34.7 Å². The summed E-state index contributed by atoms with van der Waals surface area (Å²) in [6.07, 6.45) is 0. The van der Waals surface area contributed by atoms with Gasteiger partial charge in [-0.25, -0.2) is 13.6 Å². The number of aromatic nitrogens is 4. The average molecular weight is 331 g/mol. The van der Waals surface area contributed by atoms with Gasteiger partial charge in [0.15, 0.2) is 0 Å². The highest BCUT2D eigenvalue weighted by molar-refractivity contribution is 5.90. The van der Waals surface area contributed by atoms with Gasteiger partial charge < -0.3 is 5.32 Å². The Balaban J connectivity index is 1.77. The second-order valence-electron chi connectivity index (χ2n) is 4.84. The lowest BCUT2D eigenvalue weighted by Gasteiger charge is -2.05. The van der Waals surface area contributed by atoms with E-state index in [9.17, 15) is 18.4 Å². The van der Waals surface area contributed by atoms with Crippen LogP contribution in [0.2, 0.25) is 0 Å². The number of anilines is 1. The van der Waals surface area contributed by atoms with Crippen LogP contribution in [0.3, 0.4) is 0 Å². The van der Waals surface area contributed by atoms with Crippen LogP contribution >= 0.6 is 0 Å². The summed E-state index contributed by atoms with van der Waals surface area (Å²) in [5.41, 5.74) is -0.454. The van der Waals surface area contributed by atoms with Gasteiger partial charge in [-0.15, -0.1) is 0 Å². The van der Waals surface area contributed by atoms with E-state index in [4.69, 9.17) is 0 Å². The monoisotopic (exact) mass is 331 g/mol. The van der Waals surface area contributed by atoms with E-state index in [1.54, 1.807) is 30.3 Å². The summed E-state index contributed by atoms with van der Waals surface area (Å²) in [7, 11) is 0. The standard InChI is InChI=1S/C15H11F2N5O2/c16-10-6-7-12(17)13(8-10)18-14(23)9-21-15(24)22(20-19-21)11-4-2-1-3-5-11/h1-8H,9H2,(H,18,23). The Labute approximate surface area is 134 Å². The van der Waals surface area contributed by atoms with Gasteiger partial charge in [0.05, 0.1) is 11.4 Å². The number of amides is 1. The van der Waals surface area contributed by atoms with E-state index in [1.807, 2.05) is 0 Å². The van der Waals surface area contributed by atoms with Gasteiger partial charge in [0, 0.05) is 6.07 Å². The molecule has 2 aromatic carbocycles. The number of nitrogens with one attached hydrogen (secondary N) is 1. The van der Waals surface area contributed by atoms with Gasteiger partial charge >= 0.3 is 5.69 Å². The minimum absolute atomic E-state index is 0.316. The number of para-hydroxylation sites is 1. The second-order valence-corrected chi connectivity index (χ2v) is 4.84. The van der Waals surface area contributed by atoms with E-state index >= 15 is 0 Å². The number of hydrogen-bond acceptors (Lipinski definition) is 4. The number of tetrazole rings is 1. The molecule has 0 saturated carbocycles. The molecule has 0 atom stereocenters. The summed E-state index contributed by atoms with van der Waals surface area (Å²) in [6.45, 7) is -0.485. The van der Waals surface area contributed by atoms with Crippen molar-refractivity contribution >= 4 is 11.6 Å². The van der Waals surface area contributed by atoms with Crippen LogP contribution in [0.25, 0.3) is 5.69 Å². The largest absolute Gasteiger partial charge is 0.368 e. The molecule has 122 valence electrons. The van der Waals surface area contributed by atoms with Crippen molar-refractivity contribution in [2.45, 2.75) is 6.54 Å². The molecular formula is C15H11F2N5O2. The molecule has 0 aliphatic heterocycles. The highest BCUT2D eigenvalue weighted by atomic mass is 19.1. The molecule has 1 N–H and O–H groups in total. The molecule has 0 fully saturated rings. The number of hydrogen-bond donors (Lipinski definition) is 1. The van der Waals surface area contributed by atoms with Crippen molar-refractivity contribution in [1.29, 1.82) is 0 Å². The quantitative estimate of drug-likeness (QED) is 0.782. The molecule has 7 nitrogen and oxygen atoms in total. The third kappa shape index (κ3) is 3.19.